The van der Waals surface area contributed by atoms with Gasteiger partial charge in [0.05, 0.1) is 0 Å². The summed E-state index contributed by atoms with van der Waals surface area (Å²) in [5.74, 6) is 9.22. The summed E-state index contributed by atoms with van der Waals surface area (Å²) in [6.45, 7) is 4.86. The lowest BCUT2D eigenvalue weighted by Crippen LogP contribution is -2.43. The minimum atomic E-state index is -0.454. The molecule has 4 N–H and O–H groups in total. The van der Waals surface area contributed by atoms with E-state index in [0.717, 1.165) is 0 Å². The normalized spacial score (nSPS) is 8.38. The average Bonchev–Trinajstić information content (AvgIpc) is 1.64. The largest absolute Gasteiger partial charge is 0.277 e. The van der Waals surface area contributed by atoms with Crippen molar-refractivity contribution in [3.63, 3.8) is 0 Å². The zero-order valence-electron chi connectivity index (χ0n) is 4.72. The van der Waals surface area contributed by atoms with Gasteiger partial charge in [0, 0.05) is 5.57 Å². The first-order valence-electron chi connectivity index (χ1n) is 2.05. The van der Waals surface area contributed by atoms with Crippen molar-refractivity contribution in [1.82, 2.24) is 5.12 Å². The molecule has 0 saturated heterocycles. The van der Waals surface area contributed by atoms with Crippen molar-refractivity contribution < 1.29 is 4.79 Å². The third-order valence-corrected chi connectivity index (χ3v) is 0.600. The molecule has 46 valence electrons. The quantitative estimate of drug-likeness (QED) is 0.202. The van der Waals surface area contributed by atoms with E-state index in [1.54, 1.807) is 0 Å². The summed E-state index contributed by atoms with van der Waals surface area (Å²) in [4.78, 5) is 10.4. The van der Waals surface area contributed by atoms with Gasteiger partial charge in [-0.15, -0.1) is 0 Å². The topological polar surface area (TPSA) is 72.3 Å². The number of nitrogens with two attached hydrogens (primary N) is 2. The fourth-order valence-corrected chi connectivity index (χ4v) is 0.220. The number of carbonyl (C=O) groups is 1. The molecule has 0 rings (SSSR count). The molecule has 0 aromatic heterocycles. The summed E-state index contributed by atoms with van der Waals surface area (Å²) in [5, 5.41) is 0.502. The third kappa shape index (κ3) is 1.72. The molecular weight excluding hydrogens is 106 g/mol. The van der Waals surface area contributed by atoms with Crippen molar-refractivity contribution in [2.45, 2.75) is 6.92 Å². The Balaban J connectivity index is 3.84. The number of carbonyl (C=O) groups excluding carboxylic acids is 1. The van der Waals surface area contributed by atoms with Crippen LogP contribution in [0.15, 0.2) is 12.2 Å². The van der Waals surface area contributed by atoms with E-state index in [1.807, 2.05) is 0 Å². The summed E-state index contributed by atoms with van der Waals surface area (Å²) in [7, 11) is 0. The first-order valence-corrected chi connectivity index (χ1v) is 2.05. The number of hydrogen-bond donors (Lipinski definition) is 2. The minimum Gasteiger partial charge on any atom is -0.267 e. The van der Waals surface area contributed by atoms with Crippen molar-refractivity contribution in [1.29, 1.82) is 0 Å². The van der Waals surface area contributed by atoms with Crippen molar-refractivity contribution in [3.8, 4) is 0 Å². The number of hydrogen-bond acceptors (Lipinski definition) is 3. The van der Waals surface area contributed by atoms with Crippen LogP contribution in [-0.4, -0.2) is 11.0 Å². The smallest absolute Gasteiger partial charge is 0.267 e. The Morgan fingerprint density at radius 2 is 2.00 bits per heavy atom. The highest BCUT2D eigenvalue weighted by molar-refractivity contribution is 5.91. The Morgan fingerprint density at radius 1 is 1.62 bits per heavy atom. The maximum atomic E-state index is 10.4. The van der Waals surface area contributed by atoms with E-state index in [9.17, 15) is 4.79 Å². The van der Waals surface area contributed by atoms with Gasteiger partial charge in [-0.05, 0) is 6.92 Å². The highest BCUT2D eigenvalue weighted by atomic mass is 16.2. The van der Waals surface area contributed by atoms with E-state index < -0.39 is 5.91 Å². The van der Waals surface area contributed by atoms with Gasteiger partial charge in [0.15, 0.2) is 0 Å². The molecule has 4 heteroatoms. The molecule has 0 aromatic rings. The molecule has 0 bridgehead atoms. The van der Waals surface area contributed by atoms with Gasteiger partial charge in [-0.3, -0.25) is 4.79 Å². The van der Waals surface area contributed by atoms with Crippen LogP contribution in [-0.2, 0) is 4.79 Å². The van der Waals surface area contributed by atoms with Crippen LogP contribution in [0.4, 0.5) is 0 Å². The summed E-state index contributed by atoms with van der Waals surface area (Å²) in [6, 6.07) is 0. The molecule has 1 amide bonds. The second-order valence-corrected chi connectivity index (χ2v) is 1.49. The molecule has 0 atom stereocenters. The minimum absolute atomic E-state index is 0.329. The first-order chi connectivity index (χ1) is 3.55. The third-order valence-electron chi connectivity index (χ3n) is 0.600. The van der Waals surface area contributed by atoms with Gasteiger partial charge in [-0.25, -0.2) is 16.8 Å². The van der Waals surface area contributed by atoms with Gasteiger partial charge in [-0.1, -0.05) is 6.58 Å². The molecule has 0 spiro atoms. The van der Waals surface area contributed by atoms with E-state index in [-0.39, 0.29) is 0 Å². The Bertz CT molecular complexity index is 118. The fraction of sp³-hybridized carbons (Fsp3) is 0.250. The molecule has 0 aromatic carbocycles. The van der Waals surface area contributed by atoms with Gasteiger partial charge >= 0.3 is 0 Å². The van der Waals surface area contributed by atoms with Crippen molar-refractivity contribution >= 4 is 5.91 Å². The van der Waals surface area contributed by atoms with Crippen LogP contribution in [0.2, 0.25) is 0 Å². The first kappa shape index (κ1) is 7.13. The maximum Gasteiger partial charge on any atom is 0.277 e. The van der Waals surface area contributed by atoms with E-state index in [1.165, 1.54) is 6.92 Å². The molecule has 0 aliphatic rings. The van der Waals surface area contributed by atoms with Crippen LogP contribution in [0.3, 0.4) is 0 Å². The average molecular weight is 115 g/mol. The van der Waals surface area contributed by atoms with Gasteiger partial charge in [0.2, 0.25) is 0 Å². The van der Waals surface area contributed by atoms with E-state index >= 15 is 0 Å². The Hall–Kier alpha value is -0.870. The number of nitrogens with zero attached hydrogens (tertiary/aromatic N) is 1. The van der Waals surface area contributed by atoms with Gasteiger partial charge < -0.3 is 0 Å². The predicted molar refractivity (Wildman–Crippen MR) is 30.0 cm³/mol. The lowest BCUT2D eigenvalue weighted by Gasteiger charge is -2.06. The van der Waals surface area contributed by atoms with Gasteiger partial charge in [0.25, 0.3) is 5.91 Å². The lowest BCUT2D eigenvalue weighted by molar-refractivity contribution is -0.127. The molecule has 4 nitrogen and oxygen atoms in total. The van der Waals surface area contributed by atoms with Crippen LogP contribution in [0, 0.1) is 0 Å². The van der Waals surface area contributed by atoms with Crippen LogP contribution in [0.5, 0.6) is 0 Å². The summed E-state index contributed by atoms with van der Waals surface area (Å²) in [5.41, 5.74) is 0.329. The summed E-state index contributed by atoms with van der Waals surface area (Å²) < 4.78 is 0. The fourth-order valence-electron chi connectivity index (χ4n) is 0.220. The monoisotopic (exact) mass is 115 g/mol. The summed E-state index contributed by atoms with van der Waals surface area (Å²) >= 11 is 0. The Labute approximate surface area is 47.7 Å². The molecule has 0 heterocycles. The highest BCUT2D eigenvalue weighted by Gasteiger charge is 2.02. The molecule has 0 saturated carbocycles. The SMILES string of the molecule is C=C(C)C(=O)N(N)N. The van der Waals surface area contributed by atoms with E-state index in [2.05, 4.69) is 6.58 Å². The molecule has 0 radical (unpaired) electrons. The number of hydrazine groups is 2. The van der Waals surface area contributed by atoms with Crippen LogP contribution in [0.1, 0.15) is 6.92 Å². The van der Waals surface area contributed by atoms with Gasteiger partial charge in [0.1, 0.15) is 0 Å². The molecular formula is C4H9N3O. The van der Waals surface area contributed by atoms with Crippen LogP contribution < -0.4 is 11.7 Å². The Kier molecular flexibility index (Phi) is 2.18. The standard InChI is InChI=1S/C4H9N3O/c1-3(2)4(8)7(5)6/h1,5-6H2,2H3. The van der Waals surface area contributed by atoms with Crippen molar-refractivity contribution in [2.75, 3.05) is 0 Å². The second-order valence-electron chi connectivity index (χ2n) is 1.49. The second kappa shape index (κ2) is 2.44. The zero-order chi connectivity index (χ0) is 6.73. The Morgan fingerprint density at radius 3 is 2.00 bits per heavy atom. The lowest BCUT2D eigenvalue weighted by atomic mass is 10.3. The van der Waals surface area contributed by atoms with E-state index in [0.29, 0.717) is 10.7 Å². The number of rotatable bonds is 1. The molecule has 0 aliphatic carbocycles. The predicted octanol–water partition coefficient (Wildman–Crippen LogP) is -0.861. The maximum absolute atomic E-state index is 10.4. The van der Waals surface area contributed by atoms with Crippen molar-refractivity contribution in [2.24, 2.45) is 11.7 Å². The van der Waals surface area contributed by atoms with Gasteiger partial charge in [-0.2, -0.15) is 0 Å². The highest BCUT2D eigenvalue weighted by Crippen LogP contribution is 1.86. The number of amides is 1. The molecule has 8 heavy (non-hydrogen) atoms. The van der Waals surface area contributed by atoms with E-state index in [4.69, 9.17) is 11.7 Å². The van der Waals surface area contributed by atoms with Crippen LogP contribution >= 0.6 is 0 Å². The summed E-state index contributed by atoms with van der Waals surface area (Å²) in [6.07, 6.45) is 0. The molecule has 0 aliphatic heterocycles. The zero-order valence-corrected chi connectivity index (χ0v) is 4.72. The van der Waals surface area contributed by atoms with Crippen LogP contribution in [0.25, 0.3) is 0 Å². The molecule has 0 unspecified atom stereocenters. The van der Waals surface area contributed by atoms with Crippen molar-refractivity contribution in [3.05, 3.63) is 12.2 Å². The molecule has 0 fully saturated rings.